The molecule has 3 N–H and O–H groups in total. The largest absolute Gasteiger partial charge is 0.467 e. The molecule has 1 aliphatic rings. The molecule has 1 aromatic carbocycles. The molecule has 0 radical (unpaired) electrons. The molecule has 10 nitrogen and oxygen atoms in total. The summed E-state index contributed by atoms with van der Waals surface area (Å²) in [4.78, 5) is 38.6. The molecule has 0 aromatic heterocycles. The molecule has 2 amide bonds. The van der Waals surface area contributed by atoms with Crippen molar-refractivity contribution in [2.45, 2.75) is 103 Å². The fraction of sp³-hybridized carbons (Fsp3) is 0.525. The Labute approximate surface area is 298 Å². The molecule has 0 bridgehead atoms. The summed E-state index contributed by atoms with van der Waals surface area (Å²) in [5, 5.41) is 17.1. The van der Waals surface area contributed by atoms with E-state index in [0.29, 0.717) is 30.7 Å². The number of anilines is 1. The zero-order valence-electron chi connectivity index (χ0n) is 30.5. The number of allylic oxidation sites excluding steroid dienone is 5. The maximum absolute atomic E-state index is 13.1. The Morgan fingerprint density at radius 2 is 1.76 bits per heavy atom. The number of nitrogens with one attached hydrogen (secondary N) is 2. The van der Waals surface area contributed by atoms with Crippen LogP contribution in [0.5, 0.6) is 5.75 Å². The second kappa shape index (κ2) is 23.4. The number of aliphatic hydroxyl groups is 1. The Morgan fingerprint density at radius 3 is 2.42 bits per heavy atom. The first-order valence-corrected chi connectivity index (χ1v) is 17.5. The number of hydrogen-bond donors (Lipinski definition) is 3. The summed E-state index contributed by atoms with van der Waals surface area (Å²) in [6, 6.07) is 4.71. The van der Waals surface area contributed by atoms with Crippen LogP contribution in [0.25, 0.3) is 0 Å². The van der Waals surface area contributed by atoms with Gasteiger partial charge in [-0.15, -0.1) is 0 Å². The van der Waals surface area contributed by atoms with Crippen molar-refractivity contribution in [2.24, 2.45) is 11.8 Å². The van der Waals surface area contributed by atoms with Gasteiger partial charge in [0.25, 0.3) is 0 Å². The number of carbonyl (C=O) groups excluding carboxylic acids is 3. The van der Waals surface area contributed by atoms with Gasteiger partial charge in [-0.05, 0) is 62.8 Å². The highest BCUT2D eigenvalue weighted by Crippen LogP contribution is 2.26. The van der Waals surface area contributed by atoms with Crippen LogP contribution in [0.15, 0.2) is 79.5 Å². The third-order valence-electron chi connectivity index (χ3n) is 8.79. The lowest BCUT2D eigenvalue weighted by atomic mass is 9.88. The van der Waals surface area contributed by atoms with Crippen molar-refractivity contribution in [3.63, 3.8) is 0 Å². The third-order valence-corrected chi connectivity index (χ3v) is 8.79. The van der Waals surface area contributed by atoms with Crippen LogP contribution in [0.4, 0.5) is 5.69 Å². The lowest BCUT2D eigenvalue weighted by Crippen LogP contribution is -2.45. The number of benzene rings is 1. The van der Waals surface area contributed by atoms with Gasteiger partial charge in [-0.25, -0.2) is 4.79 Å². The van der Waals surface area contributed by atoms with E-state index in [0.717, 1.165) is 43.2 Å². The van der Waals surface area contributed by atoms with Crippen molar-refractivity contribution in [1.29, 1.82) is 0 Å². The first-order chi connectivity index (χ1) is 24.0. The molecule has 2 rings (SSSR count). The highest BCUT2D eigenvalue weighted by molar-refractivity contribution is 5.91. The Hall–Kier alpha value is -3.99. The number of aryl methyl sites for hydroxylation is 1. The number of esters is 1. The minimum absolute atomic E-state index is 0.0530. The quantitative estimate of drug-likeness (QED) is 0.0525. The van der Waals surface area contributed by atoms with Gasteiger partial charge < -0.3 is 34.7 Å². The van der Waals surface area contributed by atoms with Crippen molar-refractivity contribution in [3.05, 3.63) is 85.0 Å². The van der Waals surface area contributed by atoms with E-state index < -0.39 is 30.1 Å². The minimum Gasteiger partial charge on any atom is -0.467 e. The number of carbonyl (C=O) groups is 3. The smallest absolute Gasteiger partial charge is 0.328 e. The first kappa shape index (κ1) is 42.2. The van der Waals surface area contributed by atoms with Crippen LogP contribution >= 0.6 is 0 Å². The first-order valence-electron chi connectivity index (χ1n) is 17.5. The van der Waals surface area contributed by atoms with E-state index in [9.17, 15) is 19.5 Å². The average molecular weight is 695 g/mol. The van der Waals surface area contributed by atoms with E-state index in [2.05, 4.69) is 23.8 Å². The minimum atomic E-state index is -0.882. The maximum Gasteiger partial charge on any atom is 0.328 e. The summed E-state index contributed by atoms with van der Waals surface area (Å²) in [7, 11) is 3.08. The van der Waals surface area contributed by atoms with Crippen LogP contribution in [-0.2, 0) is 35.0 Å². The van der Waals surface area contributed by atoms with E-state index >= 15 is 0 Å². The molecule has 276 valence electrons. The molecule has 0 spiro atoms. The average Bonchev–Trinajstić information content (AvgIpc) is 3.11. The molecule has 0 aliphatic heterocycles. The predicted octanol–water partition coefficient (Wildman–Crippen LogP) is 6.76. The second-order valence-corrected chi connectivity index (χ2v) is 12.8. The third kappa shape index (κ3) is 15.3. The van der Waals surface area contributed by atoms with Gasteiger partial charge in [-0.2, -0.15) is 0 Å². The molecule has 5 atom stereocenters. The topological polar surface area (TPSA) is 132 Å². The normalized spacial score (nSPS) is 17.0. The maximum atomic E-state index is 13.1. The van der Waals surface area contributed by atoms with E-state index in [-0.39, 0.29) is 37.0 Å². The summed E-state index contributed by atoms with van der Waals surface area (Å²) in [6.07, 6.45) is 17.0. The Kier molecular flexibility index (Phi) is 19.8. The van der Waals surface area contributed by atoms with Gasteiger partial charge in [0.1, 0.15) is 17.9 Å². The van der Waals surface area contributed by atoms with E-state index in [1.165, 1.54) is 7.11 Å². The number of ether oxygens (including phenoxy) is 4. The Morgan fingerprint density at radius 1 is 1.04 bits per heavy atom. The molecule has 0 heterocycles. The fourth-order valence-corrected chi connectivity index (χ4v) is 5.81. The Bertz CT molecular complexity index is 1330. The number of rotatable bonds is 22. The van der Waals surface area contributed by atoms with E-state index in [1.807, 2.05) is 38.1 Å². The molecular formula is C40H58N2O8. The van der Waals surface area contributed by atoms with Gasteiger partial charge in [0, 0.05) is 44.2 Å². The number of methoxy groups -OCH3 is 2. The predicted molar refractivity (Wildman–Crippen MR) is 198 cm³/mol. The van der Waals surface area contributed by atoms with Gasteiger partial charge in [-0.1, -0.05) is 81.9 Å². The van der Waals surface area contributed by atoms with Crippen LogP contribution in [0.1, 0.15) is 77.7 Å². The van der Waals surface area contributed by atoms with E-state index in [4.69, 9.17) is 18.9 Å². The standard InChI is InChI=1S/C40H58N2O8/c1-8-10-13-22-36(50-40(46)30(5)41-39(45)32-19-14-12-15-20-32)29(4)38(44)28(3)17-16-18-31-23-33(25-35(24-31)49-27-47-6)42-37(43)26-34(48-7)21-11-9-2/h8-11,13,17,21,23-25,29-30,32,34,36,38,44H,1-2,12,14-16,18-20,22,26-27H2,3-7H3,(H,41,45)(H,42,43)/b13-10+,21-11+,28-17-/t29-,30+,34-,36-,38-/m0/s1. The van der Waals surface area contributed by atoms with Gasteiger partial charge in [0.2, 0.25) is 11.8 Å². The van der Waals surface area contributed by atoms with Crippen molar-refractivity contribution < 1.29 is 38.4 Å². The molecule has 10 heteroatoms. The zero-order valence-corrected chi connectivity index (χ0v) is 30.5. The van der Waals surface area contributed by atoms with Gasteiger partial charge in [0.15, 0.2) is 6.79 Å². The van der Waals surface area contributed by atoms with Crippen LogP contribution < -0.4 is 15.4 Å². The number of hydrogen-bond acceptors (Lipinski definition) is 8. The summed E-state index contributed by atoms with van der Waals surface area (Å²) in [5.74, 6) is -0.807. The van der Waals surface area contributed by atoms with Crippen LogP contribution in [-0.4, -0.2) is 68.3 Å². The molecule has 1 fully saturated rings. The second-order valence-electron chi connectivity index (χ2n) is 12.8. The lowest BCUT2D eigenvalue weighted by molar-refractivity contribution is -0.156. The molecule has 1 saturated carbocycles. The number of amides is 2. The summed E-state index contributed by atoms with van der Waals surface area (Å²) < 4.78 is 22.0. The zero-order chi connectivity index (χ0) is 36.9. The van der Waals surface area contributed by atoms with Crippen molar-refractivity contribution in [2.75, 3.05) is 26.3 Å². The summed E-state index contributed by atoms with van der Waals surface area (Å²) in [6.45, 7) is 12.7. The monoisotopic (exact) mass is 694 g/mol. The van der Waals surface area contributed by atoms with Crippen molar-refractivity contribution >= 4 is 23.5 Å². The van der Waals surface area contributed by atoms with Crippen molar-refractivity contribution in [1.82, 2.24) is 5.32 Å². The van der Waals surface area contributed by atoms with Crippen LogP contribution in [0.2, 0.25) is 0 Å². The summed E-state index contributed by atoms with van der Waals surface area (Å²) in [5.41, 5.74) is 2.24. The number of aliphatic hydroxyl groups excluding tert-OH is 1. The Balaban J connectivity index is 2.09. The molecule has 1 aromatic rings. The molecule has 0 unspecified atom stereocenters. The highest BCUT2D eigenvalue weighted by atomic mass is 16.7. The fourth-order valence-electron chi connectivity index (χ4n) is 5.81. The SMILES string of the molecule is C=C/C=C/C[C@H](OC(=O)[C@@H](C)NC(=O)C1CCCCC1)[C@H](C)[C@@H](O)/C(C)=C\CCc1cc(NC(=O)C[C@H](/C=C/C=C)OC)cc(OCOC)c1. The van der Waals surface area contributed by atoms with Gasteiger partial charge in [-0.3, -0.25) is 9.59 Å². The molecular weight excluding hydrogens is 636 g/mol. The van der Waals surface area contributed by atoms with Crippen molar-refractivity contribution in [3.8, 4) is 5.75 Å². The molecule has 1 aliphatic carbocycles. The highest BCUT2D eigenvalue weighted by Gasteiger charge is 2.31. The molecule has 0 saturated heterocycles. The summed E-state index contributed by atoms with van der Waals surface area (Å²) >= 11 is 0. The van der Waals surface area contributed by atoms with Crippen LogP contribution in [0, 0.1) is 11.8 Å². The van der Waals surface area contributed by atoms with E-state index in [1.54, 1.807) is 50.5 Å². The van der Waals surface area contributed by atoms with Gasteiger partial charge in [0.05, 0.1) is 18.6 Å². The molecule has 50 heavy (non-hydrogen) atoms. The van der Waals surface area contributed by atoms with Crippen LogP contribution in [0.3, 0.4) is 0 Å². The van der Waals surface area contributed by atoms with Gasteiger partial charge >= 0.3 is 5.97 Å². The lowest BCUT2D eigenvalue weighted by Gasteiger charge is -2.29.